The average molecular weight is 482 g/mol. The van der Waals surface area contributed by atoms with Gasteiger partial charge in [-0.25, -0.2) is 4.68 Å². The minimum absolute atomic E-state index is 0.0642. The highest BCUT2D eigenvalue weighted by Crippen LogP contribution is 2.34. The van der Waals surface area contributed by atoms with Gasteiger partial charge in [0.05, 0.1) is 17.6 Å². The molecule has 21 heavy (non-hydrogen) atoms. The number of rotatable bonds is 4. The van der Waals surface area contributed by atoms with Crippen LogP contribution < -0.4 is 11.1 Å². The fourth-order valence-electron chi connectivity index (χ4n) is 1.59. The van der Waals surface area contributed by atoms with Crippen LogP contribution in [-0.2, 0) is 11.3 Å². The predicted octanol–water partition coefficient (Wildman–Crippen LogP) is 3.22. The van der Waals surface area contributed by atoms with E-state index in [1.165, 1.54) is 4.68 Å². The number of carbonyl (C=O) groups is 1. The van der Waals surface area contributed by atoms with Crippen molar-refractivity contribution in [2.45, 2.75) is 19.5 Å². The first kappa shape index (κ1) is 16.6. The standard InChI is InChI=1S/C12H12Br3N5O/c1-6(16)10-4-20(19-18-10)5-11(21)17-12-8(14)2-7(13)3-9(12)15/h2-4,6H,5,16H2,1H3,(H,17,21). The average Bonchev–Trinajstić information content (AvgIpc) is 2.82. The fourth-order valence-corrected chi connectivity index (χ4v) is 4.04. The summed E-state index contributed by atoms with van der Waals surface area (Å²) in [6, 6.07) is 3.49. The maximum atomic E-state index is 12.1. The first-order chi connectivity index (χ1) is 9.86. The van der Waals surface area contributed by atoms with Crippen molar-refractivity contribution in [3.63, 3.8) is 0 Å². The predicted molar refractivity (Wildman–Crippen MR) is 90.8 cm³/mol. The van der Waals surface area contributed by atoms with E-state index in [-0.39, 0.29) is 18.5 Å². The molecule has 0 aliphatic rings. The Bertz CT molecular complexity index is 648. The highest BCUT2D eigenvalue weighted by Gasteiger charge is 2.12. The zero-order valence-electron chi connectivity index (χ0n) is 11.0. The summed E-state index contributed by atoms with van der Waals surface area (Å²) in [7, 11) is 0. The van der Waals surface area contributed by atoms with Gasteiger partial charge in [-0.2, -0.15) is 0 Å². The number of nitrogens with zero attached hydrogens (tertiary/aromatic N) is 3. The van der Waals surface area contributed by atoms with Crippen LogP contribution in [-0.4, -0.2) is 20.9 Å². The lowest BCUT2D eigenvalue weighted by Gasteiger charge is -2.10. The first-order valence-corrected chi connectivity index (χ1v) is 8.34. The molecular formula is C12H12Br3N5O. The van der Waals surface area contributed by atoms with Gasteiger partial charge in [0.15, 0.2) is 0 Å². The topological polar surface area (TPSA) is 85.8 Å². The van der Waals surface area contributed by atoms with Crippen molar-refractivity contribution in [3.8, 4) is 0 Å². The molecule has 0 aliphatic heterocycles. The second-order valence-corrected chi connectivity index (χ2v) is 7.05. The van der Waals surface area contributed by atoms with Gasteiger partial charge in [0.1, 0.15) is 6.54 Å². The third kappa shape index (κ3) is 4.35. The molecule has 1 unspecified atom stereocenters. The van der Waals surface area contributed by atoms with Crippen LogP contribution in [0.3, 0.4) is 0 Å². The summed E-state index contributed by atoms with van der Waals surface area (Å²) in [5, 5.41) is 10.6. The van der Waals surface area contributed by atoms with Crippen molar-refractivity contribution in [2.24, 2.45) is 5.73 Å². The second-order valence-electron chi connectivity index (χ2n) is 4.42. The van der Waals surface area contributed by atoms with E-state index >= 15 is 0 Å². The van der Waals surface area contributed by atoms with E-state index < -0.39 is 0 Å². The van der Waals surface area contributed by atoms with Gasteiger partial charge < -0.3 is 11.1 Å². The van der Waals surface area contributed by atoms with E-state index in [1.807, 2.05) is 19.1 Å². The van der Waals surface area contributed by atoms with Crippen molar-refractivity contribution in [2.75, 3.05) is 5.32 Å². The summed E-state index contributed by atoms with van der Waals surface area (Å²) >= 11 is 10.2. The number of amides is 1. The number of carbonyl (C=O) groups excluding carboxylic acids is 1. The van der Waals surface area contributed by atoms with Gasteiger partial charge in [-0.15, -0.1) is 5.10 Å². The molecule has 1 aromatic heterocycles. The lowest BCUT2D eigenvalue weighted by atomic mass is 10.3. The van der Waals surface area contributed by atoms with E-state index in [2.05, 4.69) is 63.4 Å². The maximum absolute atomic E-state index is 12.1. The molecule has 1 amide bonds. The van der Waals surface area contributed by atoms with E-state index in [4.69, 9.17) is 5.73 Å². The van der Waals surface area contributed by atoms with Gasteiger partial charge in [-0.05, 0) is 50.9 Å². The smallest absolute Gasteiger partial charge is 0.246 e. The molecule has 0 fully saturated rings. The van der Waals surface area contributed by atoms with Crippen LogP contribution in [0.5, 0.6) is 0 Å². The van der Waals surface area contributed by atoms with Crippen molar-refractivity contribution in [3.05, 3.63) is 37.4 Å². The molecule has 0 aliphatic carbocycles. The van der Waals surface area contributed by atoms with Gasteiger partial charge in [-0.1, -0.05) is 21.1 Å². The maximum Gasteiger partial charge on any atom is 0.246 e. The molecule has 1 aromatic carbocycles. The minimum atomic E-state index is -0.212. The number of benzene rings is 1. The highest BCUT2D eigenvalue weighted by molar-refractivity contribution is 9.11. The Morgan fingerprint density at radius 3 is 2.52 bits per heavy atom. The van der Waals surface area contributed by atoms with Crippen LogP contribution in [0.4, 0.5) is 5.69 Å². The number of nitrogens with one attached hydrogen (secondary N) is 1. The molecule has 112 valence electrons. The van der Waals surface area contributed by atoms with Crippen molar-refractivity contribution in [1.82, 2.24) is 15.0 Å². The van der Waals surface area contributed by atoms with Gasteiger partial charge >= 0.3 is 0 Å². The Morgan fingerprint density at radius 2 is 2.00 bits per heavy atom. The van der Waals surface area contributed by atoms with Crippen LogP contribution in [0.15, 0.2) is 31.7 Å². The van der Waals surface area contributed by atoms with Crippen LogP contribution in [0.2, 0.25) is 0 Å². The van der Waals surface area contributed by atoms with Gasteiger partial charge in [-0.3, -0.25) is 4.79 Å². The zero-order chi connectivity index (χ0) is 15.6. The molecule has 9 heteroatoms. The van der Waals surface area contributed by atoms with Crippen molar-refractivity contribution >= 4 is 59.4 Å². The third-order valence-corrected chi connectivity index (χ3v) is 4.31. The zero-order valence-corrected chi connectivity index (χ0v) is 15.7. The van der Waals surface area contributed by atoms with Gasteiger partial charge in [0.25, 0.3) is 0 Å². The monoisotopic (exact) mass is 479 g/mol. The summed E-state index contributed by atoms with van der Waals surface area (Å²) in [4.78, 5) is 12.1. The van der Waals surface area contributed by atoms with Gasteiger partial charge in [0, 0.05) is 19.5 Å². The van der Waals surface area contributed by atoms with Crippen molar-refractivity contribution in [1.29, 1.82) is 0 Å². The molecule has 2 rings (SSSR count). The van der Waals surface area contributed by atoms with Crippen LogP contribution in [0.1, 0.15) is 18.7 Å². The van der Waals surface area contributed by atoms with Crippen LogP contribution >= 0.6 is 47.8 Å². The Kier molecular flexibility index (Phi) is 5.53. The lowest BCUT2D eigenvalue weighted by Crippen LogP contribution is -2.19. The number of anilines is 1. The summed E-state index contributed by atoms with van der Waals surface area (Å²) in [6.07, 6.45) is 1.66. The molecule has 2 aromatic rings. The molecule has 0 bridgehead atoms. The lowest BCUT2D eigenvalue weighted by molar-refractivity contribution is -0.116. The molecule has 0 saturated carbocycles. The highest BCUT2D eigenvalue weighted by atomic mass is 79.9. The Hall–Kier alpha value is -0.770. The number of nitrogens with two attached hydrogens (primary N) is 1. The summed E-state index contributed by atoms with van der Waals surface area (Å²) < 4.78 is 3.89. The number of hydrogen-bond donors (Lipinski definition) is 2. The number of halogens is 3. The summed E-state index contributed by atoms with van der Waals surface area (Å²) in [5.41, 5.74) is 7.01. The molecule has 0 radical (unpaired) electrons. The normalized spacial score (nSPS) is 12.2. The van der Waals surface area contributed by atoms with E-state index in [0.29, 0.717) is 11.4 Å². The van der Waals surface area contributed by atoms with Gasteiger partial charge in [0.2, 0.25) is 5.91 Å². The second kappa shape index (κ2) is 6.99. The Balaban J connectivity index is 2.08. The Morgan fingerprint density at radius 1 is 1.38 bits per heavy atom. The third-order valence-electron chi connectivity index (χ3n) is 2.60. The molecule has 3 N–H and O–H groups in total. The molecule has 6 nitrogen and oxygen atoms in total. The van der Waals surface area contributed by atoms with E-state index in [1.54, 1.807) is 6.20 Å². The minimum Gasteiger partial charge on any atom is -0.323 e. The van der Waals surface area contributed by atoms with Crippen molar-refractivity contribution < 1.29 is 4.79 Å². The SMILES string of the molecule is CC(N)c1cn(CC(=O)Nc2c(Br)cc(Br)cc2Br)nn1. The summed E-state index contributed by atoms with van der Waals surface area (Å²) in [5.74, 6) is -0.208. The quantitative estimate of drug-likeness (QED) is 0.702. The molecule has 0 saturated heterocycles. The number of aromatic nitrogens is 3. The van der Waals surface area contributed by atoms with E-state index in [0.717, 1.165) is 13.4 Å². The Labute approximate surface area is 146 Å². The molecule has 1 atom stereocenters. The first-order valence-electron chi connectivity index (χ1n) is 5.97. The summed E-state index contributed by atoms with van der Waals surface area (Å²) in [6.45, 7) is 1.87. The molecule has 0 spiro atoms. The molecular weight excluding hydrogens is 470 g/mol. The van der Waals surface area contributed by atoms with Crippen LogP contribution in [0.25, 0.3) is 0 Å². The largest absolute Gasteiger partial charge is 0.323 e. The van der Waals surface area contributed by atoms with Crippen LogP contribution in [0, 0.1) is 0 Å². The fraction of sp³-hybridized carbons (Fsp3) is 0.250. The number of hydrogen-bond acceptors (Lipinski definition) is 4. The molecule has 1 heterocycles. The van der Waals surface area contributed by atoms with E-state index in [9.17, 15) is 4.79 Å².